The fraction of sp³-hybridized carbons (Fsp3) is 0.286. The predicted octanol–water partition coefficient (Wildman–Crippen LogP) is 1.88. The number of hydrogen-bond acceptors (Lipinski definition) is 4. The van der Waals surface area contributed by atoms with Gasteiger partial charge in [0.1, 0.15) is 5.76 Å². The second kappa shape index (κ2) is 4.85. The molecule has 1 aromatic heterocycles. The van der Waals surface area contributed by atoms with Crippen LogP contribution in [0.25, 0.3) is 0 Å². The molecule has 0 aliphatic carbocycles. The molecule has 0 unspecified atom stereocenters. The molecule has 19 heavy (non-hydrogen) atoms. The fourth-order valence-corrected chi connectivity index (χ4v) is 2.14. The first-order valence-electron chi connectivity index (χ1n) is 6.30. The number of hydrogen-bond donors (Lipinski definition) is 2. The van der Waals surface area contributed by atoms with Gasteiger partial charge in [0.15, 0.2) is 5.69 Å². The number of nitrogens with one attached hydrogen (secondary N) is 2. The quantitative estimate of drug-likeness (QED) is 0.862. The highest BCUT2D eigenvalue weighted by Crippen LogP contribution is 2.19. The second-order valence-corrected chi connectivity index (χ2v) is 4.68. The first-order valence-corrected chi connectivity index (χ1v) is 6.30. The number of carbonyl (C=O) groups excluding carboxylic acids is 1. The molecular formula is C14H15N3O2. The second-order valence-electron chi connectivity index (χ2n) is 4.68. The first-order chi connectivity index (χ1) is 9.24. The molecule has 1 aliphatic heterocycles. The van der Waals surface area contributed by atoms with Gasteiger partial charge < -0.3 is 15.2 Å². The third-order valence-electron chi connectivity index (χ3n) is 3.22. The van der Waals surface area contributed by atoms with E-state index < -0.39 is 0 Å². The zero-order valence-electron chi connectivity index (χ0n) is 10.7. The molecule has 0 fully saturated rings. The van der Waals surface area contributed by atoms with E-state index in [1.54, 1.807) is 0 Å². The van der Waals surface area contributed by atoms with Crippen molar-refractivity contribution in [2.75, 3.05) is 11.9 Å². The smallest absolute Gasteiger partial charge is 0.278 e. The molecule has 98 valence electrons. The van der Waals surface area contributed by atoms with Crippen molar-refractivity contribution in [3.05, 3.63) is 46.8 Å². The molecule has 0 saturated heterocycles. The van der Waals surface area contributed by atoms with E-state index in [2.05, 4.69) is 15.8 Å². The lowest BCUT2D eigenvalue weighted by atomic mass is 10.1. The van der Waals surface area contributed by atoms with Crippen LogP contribution >= 0.6 is 0 Å². The van der Waals surface area contributed by atoms with Crippen molar-refractivity contribution in [2.24, 2.45) is 0 Å². The van der Waals surface area contributed by atoms with Crippen LogP contribution in [0.5, 0.6) is 0 Å². The van der Waals surface area contributed by atoms with Gasteiger partial charge in [-0.3, -0.25) is 4.79 Å². The van der Waals surface area contributed by atoms with E-state index in [1.165, 1.54) is 0 Å². The van der Waals surface area contributed by atoms with Crippen molar-refractivity contribution in [1.82, 2.24) is 10.5 Å². The maximum Gasteiger partial charge on any atom is 0.278 e. The lowest BCUT2D eigenvalue weighted by molar-refractivity contribution is 0.101. The van der Waals surface area contributed by atoms with E-state index in [-0.39, 0.29) is 5.91 Å². The third kappa shape index (κ3) is 2.37. The van der Waals surface area contributed by atoms with Crippen molar-refractivity contribution >= 4 is 11.6 Å². The summed E-state index contributed by atoms with van der Waals surface area (Å²) in [5.41, 5.74) is 3.16. The van der Waals surface area contributed by atoms with Crippen molar-refractivity contribution < 1.29 is 9.32 Å². The van der Waals surface area contributed by atoms with Gasteiger partial charge in [0.25, 0.3) is 5.91 Å². The Bertz CT molecular complexity index is 602. The van der Waals surface area contributed by atoms with E-state index in [4.69, 9.17) is 4.52 Å². The number of benzene rings is 1. The summed E-state index contributed by atoms with van der Waals surface area (Å²) in [6.07, 6.45) is 0.778. The van der Waals surface area contributed by atoms with Crippen molar-refractivity contribution in [3.63, 3.8) is 0 Å². The van der Waals surface area contributed by atoms with Gasteiger partial charge in [-0.2, -0.15) is 0 Å². The van der Waals surface area contributed by atoms with Crippen LogP contribution in [-0.2, 0) is 13.0 Å². The number of nitrogens with zero attached hydrogens (tertiary/aromatic N) is 1. The van der Waals surface area contributed by atoms with Crippen LogP contribution in [0.1, 0.15) is 27.4 Å². The summed E-state index contributed by atoms with van der Waals surface area (Å²) in [5.74, 6) is 0.588. The summed E-state index contributed by atoms with van der Waals surface area (Å²) < 4.78 is 5.21. The summed E-state index contributed by atoms with van der Waals surface area (Å²) in [4.78, 5) is 12.2. The summed E-state index contributed by atoms with van der Waals surface area (Å²) >= 11 is 0. The first kappa shape index (κ1) is 11.9. The highest BCUT2D eigenvalue weighted by molar-refractivity contribution is 6.03. The Labute approximate surface area is 111 Å². The molecule has 0 spiro atoms. The van der Waals surface area contributed by atoms with Crippen molar-refractivity contribution in [1.29, 1.82) is 0 Å². The van der Waals surface area contributed by atoms with Crippen LogP contribution in [0.2, 0.25) is 0 Å². The Balaban J connectivity index is 1.80. The minimum Gasteiger partial charge on any atom is -0.360 e. The Morgan fingerprint density at radius 1 is 1.37 bits per heavy atom. The van der Waals surface area contributed by atoms with E-state index in [0.717, 1.165) is 35.5 Å². The number of amides is 1. The van der Waals surface area contributed by atoms with Crippen LogP contribution in [-0.4, -0.2) is 17.6 Å². The fourth-order valence-electron chi connectivity index (χ4n) is 2.14. The van der Waals surface area contributed by atoms with Gasteiger partial charge in [-0.1, -0.05) is 22.9 Å². The molecule has 5 nitrogen and oxygen atoms in total. The van der Waals surface area contributed by atoms with E-state index in [0.29, 0.717) is 12.2 Å². The average Bonchev–Trinajstić information content (AvgIpc) is 2.85. The lowest BCUT2D eigenvalue weighted by Gasteiger charge is -2.11. The summed E-state index contributed by atoms with van der Waals surface area (Å²) in [6, 6.07) is 7.65. The Kier molecular flexibility index (Phi) is 3.05. The average molecular weight is 257 g/mol. The maximum atomic E-state index is 12.2. The molecular weight excluding hydrogens is 242 g/mol. The van der Waals surface area contributed by atoms with Gasteiger partial charge in [-0.05, 0) is 19.1 Å². The monoisotopic (exact) mass is 257 g/mol. The molecule has 2 heterocycles. The molecule has 1 amide bonds. The molecule has 0 bridgehead atoms. The molecule has 1 aliphatic rings. The maximum absolute atomic E-state index is 12.2. The zero-order valence-corrected chi connectivity index (χ0v) is 10.7. The van der Waals surface area contributed by atoms with Gasteiger partial charge in [0, 0.05) is 30.8 Å². The van der Waals surface area contributed by atoms with Gasteiger partial charge in [0.2, 0.25) is 0 Å². The molecule has 2 N–H and O–H groups in total. The number of rotatable bonds is 2. The van der Waals surface area contributed by atoms with Gasteiger partial charge in [-0.25, -0.2) is 0 Å². The predicted molar refractivity (Wildman–Crippen MR) is 71.0 cm³/mol. The summed E-state index contributed by atoms with van der Waals surface area (Å²) in [7, 11) is 0. The minimum atomic E-state index is -0.224. The Morgan fingerprint density at radius 3 is 2.95 bits per heavy atom. The van der Waals surface area contributed by atoms with Crippen LogP contribution in [0.15, 0.2) is 28.8 Å². The minimum absolute atomic E-state index is 0.224. The molecule has 3 rings (SSSR count). The standard InChI is InChI=1S/C14H15N3O2/c1-9-2-4-10(5-3-9)16-14(18)13-11-8-15-7-6-12(11)19-17-13/h2-5,15H,6-8H2,1H3,(H,16,18). The van der Waals surface area contributed by atoms with E-state index in [1.807, 2.05) is 31.2 Å². The number of carbonyl (C=O) groups is 1. The SMILES string of the molecule is Cc1ccc(NC(=O)c2noc3c2CNCC3)cc1. The van der Waals surface area contributed by atoms with E-state index in [9.17, 15) is 4.79 Å². The Hall–Kier alpha value is -2.14. The van der Waals surface area contributed by atoms with Crippen LogP contribution in [0.4, 0.5) is 5.69 Å². The Morgan fingerprint density at radius 2 is 2.16 bits per heavy atom. The van der Waals surface area contributed by atoms with Crippen LogP contribution in [0, 0.1) is 6.92 Å². The molecule has 0 atom stereocenters. The number of aromatic nitrogens is 1. The highest BCUT2D eigenvalue weighted by Gasteiger charge is 2.23. The molecule has 5 heteroatoms. The van der Waals surface area contributed by atoms with Gasteiger partial charge in [-0.15, -0.1) is 0 Å². The number of anilines is 1. The number of fused-ring (bicyclic) bond motifs is 1. The van der Waals surface area contributed by atoms with Crippen molar-refractivity contribution in [3.8, 4) is 0 Å². The number of aryl methyl sites for hydroxylation is 1. The topological polar surface area (TPSA) is 67.2 Å². The van der Waals surface area contributed by atoms with Gasteiger partial charge >= 0.3 is 0 Å². The van der Waals surface area contributed by atoms with Crippen LogP contribution < -0.4 is 10.6 Å². The summed E-state index contributed by atoms with van der Waals surface area (Å²) in [5, 5.41) is 9.93. The largest absolute Gasteiger partial charge is 0.360 e. The zero-order chi connectivity index (χ0) is 13.2. The highest BCUT2D eigenvalue weighted by atomic mass is 16.5. The lowest BCUT2D eigenvalue weighted by Crippen LogP contribution is -2.25. The third-order valence-corrected chi connectivity index (χ3v) is 3.22. The van der Waals surface area contributed by atoms with E-state index >= 15 is 0 Å². The van der Waals surface area contributed by atoms with Crippen LogP contribution in [0.3, 0.4) is 0 Å². The summed E-state index contributed by atoms with van der Waals surface area (Å²) in [6.45, 7) is 3.50. The molecule has 2 aromatic rings. The molecule has 1 aromatic carbocycles. The van der Waals surface area contributed by atoms with Crippen molar-refractivity contribution in [2.45, 2.75) is 19.9 Å². The molecule has 0 saturated carbocycles. The van der Waals surface area contributed by atoms with Gasteiger partial charge in [0.05, 0.1) is 0 Å². The molecule has 0 radical (unpaired) electrons. The normalized spacial score (nSPS) is 13.9.